The number of aliphatic imine (C=N–C) groups is 1. The molecular weight excluding hydrogens is 378 g/mol. The van der Waals surface area contributed by atoms with Crippen molar-refractivity contribution in [3.05, 3.63) is 65.9 Å². The molecule has 1 aromatic carbocycles. The molecule has 152 valence electrons. The second kappa shape index (κ2) is 7.98. The van der Waals surface area contributed by atoms with Gasteiger partial charge in [-0.05, 0) is 50.6 Å². The summed E-state index contributed by atoms with van der Waals surface area (Å²) in [6.45, 7) is 9.18. The van der Waals surface area contributed by atoms with Gasteiger partial charge in [0.05, 0.1) is 6.04 Å². The highest BCUT2D eigenvalue weighted by Gasteiger charge is 2.27. The first kappa shape index (κ1) is 20.4. The minimum atomic E-state index is -0.752. The topological polar surface area (TPSA) is 75.6 Å². The zero-order valence-corrected chi connectivity index (χ0v) is 16.4. The number of halogens is 2. The standard InChI is InChI=1S/C21H22F2N4O2/c1-12-16-6-5-7-24-18(16)27-19(25-12)17(26-20(28)29-21(2,3)4)10-13-8-14(22)11-15(23)9-13/h5-9,11,17H,1,10H2,2-4H3,(H,26,28)(H,24,25,27). The fourth-order valence-electron chi connectivity index (χ4n) is 2.88. The van der Waals surface area contributed by atoms with Crippen molar-refractivity contribution in [3.8, 4) is 0 Å². The summed E-state index contributed by atoms with van der Waals surface area (Å²) < 4.78 is 32.6. The van der Waals surface area contributed by atoms with Crippen molar-refractivity contribution >= 4 is 23.4 Å². The average Bonchev–Trinajstić information content (AvgIpc) is 2.58. The van der Waals surface area contributed by atoms with Crippen molar-refractivity contribution in [2.24, 2.45) is 4.99 Å². The lowest BCUT2D eigenvalue weighted by Crippen LogP contribution is -2.49. The third-order valence-corrected chi connectivity index (χ3v) is 4.00. The average molecular weight is 400 g/mol. The Balaban J connectivity index is 1.93. The van der Waals surface area contributed by atoms with E-state index in [0.29, 0.717) is 22.9 Å². The number of nitrogens with zero attached hydrogens (tertiary/aromatic N) is 2. The van der Waals surface area contributed by atoms with Crippen molar-refractivity contribution in [2.45, 2.75) is 38.8 Å². The van der Waals surface area contributed by atoms with Crippen LogP contribution in [0.5, 0.6) is 0 Å². The van der Waals surface area contributed by atoms with Crippen LogP contribution in [0.2, 0.25) is 0 Å². The van der Waals surface area contributed by atoms with Crippen molar-refractivity contribution in [3.63, 3.8) is 0 Å². The number of ether oxygens (including phenoxy) is 1. The van der Waals surface area contributed by atoms with E-state index in [1.54, 1.807) is 33.0 Å². The third kappa shape index (κ3) is 5.37. The SMILES string of the molecule is C=C1NC(C(Cc2cc(F)cc(F)c2)NC(=O)OC(C)(C)C)=Nc2ncccc21. The molecule has 3 rings (SSSR count). The zero-order valence-electron chi connectivity index (χ0n) is 16.4. The maximum Gasteiger partial charge on any atom is 0.408 e. The number of hydrogen-bond donors (Lipinski definition) is 2. The number of fused-ring (bicyclic) bond motifs is 1. The number of rotatable bonds is 4. The van der Waals surface area contributed by atoms with E-state index >= 15 is 0 Å². The fraction of sp³-hybridized carbons (Fsp3) is 0.286. The Hall–Kier alpha value is -3.29. The molecule has 2 heterocycles. The van der Waals surface area contributed by atoms with Crippen LogP contribution in [0.15, 0.2) is 48.1 Å². The van der Waals surface area contributed by atoms with Gasteiger partial charge in [-0.15, -0.1) is 0 Å². The van der Waals surface area contributed by atoms with Gasteiger partial charge in [-0.1, -0.05) is 6.58 Å². The van der Waals surface area contributed by atoms with E-state index in [1.807, 2.05) is 6.07 Å². The van der Waals surface area contributed by atoms with E-state index in [4.69, 9.17) is 4.74 Å². The summed E-state index contributed by atoms with van der Waals surface area (Å²) in [5.74, 6) is -0.624. The highest BCUT2D eigenvalue weighted by atomic mass is 19.1. The lowest BCUT2D eigenvalue weighted by Gasteiger charge is -2.27. The predicted molar refractivity (Wildman–Crippen MR) is 107 cm³/mol. The lowest BCUT2D eigenvalue weighted by molar-refractivity contribution is 0.0517. The molecule has 2 N–H and O–H groups in total. The number of amidine groups is 1. The van der Waals surface area contributed by atoms with Crippen LogP contribution >= 0.6 is 0 Å². The zero-order chi connectivity index (χ0) is 21.2. The smallest absolute Gasteiger partial charge is 0.408 e. The number of hydrogen-bond acceptors (Lipinski definition) is 5. The molecule has 1 atom stereocenters. The Morgan fingerprint density at radius 2 is 1.97 bits per heavy atom. The van der Waals surface area contributed by atoms with Crippen LogP contribution in [0.25, 0.3) is 5.70 Å². The first-order chi connectivity index (χ1) is 13.6. The summed E-state index contributed by atoms with van der Waals surface area (Å²) >= 11 is 0. The molecule has 0 fully saturated rings. The molecule has 0 spiro atoms. The summed E-state index contributed by atoms with van der Waals surface area (Å²) in [7, 11) is 0. The number of benzene rings is 1. The Labute approximate surface area is 167 Å². The van der Waals surface area contributed by atoms with Crippen molar-refractivity contribution < 1.29 is 18.3 Å². The van der Waals surface area contributed by atoms with Crippen LogP contribution in [0.4, 0.5) is 19.4 Å². The van der Waals surface area contributed by atoms with Crippen LogP contribution in [0.1, 0.15) is 31.9 Å². The van der Waals surface area contributed by atoms with Gasteiger partial charge < -0.3 is 15.4 Å². The molecular formula is C21H22F2N4O2. The molecule has 1 aromatic heterocycles. The fourth-order valence-corrected chi connectivity index (χ4v) is 2.88. The van der Waals surface area contributed by atoms with Crippen molar-refractivity contribution in [1.29, 1.82) is 0 Å². The highest BCUT2D eigenvalue weighted by Crippen LogP contribution is 2.26. The molecule has 2 aromatic rings. The van der Waals surface area contributed by atoms with Gasteiger partial charge in [-0.3, -0.25) is 0 Å². The third-order valence-electron chi connectivity index (χ3n) is 4.00. The molecule has 1 aliphatic rings. The van der Waals surface area contributed by atoms with Crippen LogP contribution in [-0.2, 0) is 11.2 Å². The van der Waals surface area contributed by atoms with Gasteiger partial charge >= 0.3 is 6.09 Å². The number of aromatic nitrogens is 1. The minimum absolute atomic E-state index is 0.0786. The number of alkyl carbamates (subject to hydrolysis) is 1. The normalized spacial score (nSPS) is 14.4. The van der Waals surface area contributed by atoms with Crippen molar-refractivity contribution in [1.82, 2.24) is 15.6 Å². The molecule has 1 unspecified atom stereocenters. The molecule has 0 aliphatic carbocycles. The summed E-state index contributed by atoms with van der Waals surface area (Å²) in [6.07, 6.45) is 0.993. The molecule has 29 heavy (non-hydrogen) atoms. The minimum Gasteiger partial charge on any atom is -0.444 e. The van der Waals surface area contributed by atoms with E-state index in [2.05, 4.69) is 27.2 Å². The van der Waals surface area contributed by atoms with Gasteiger partial charge in [0.1, 0.15) is 23.1 Å². The first-order valence-electron chi connectivity index (χ1n) is 9.05. The Bertz CT molecular complexity index is 963. The molecule has 0 saturated carbocycles. The first-order valence-corrected chi connectivity index (χ1v) is 9.05. The largest absolute Gasteiger partial charge is 0.444 e. The van der Waals surface area contributed by atoms with Crippen LogP contribution in [0, 0.1) is 11.6 Å². The predicted octanol–water partition coefficient (Wildman–Crippen LogP) is 4.10. The second-order valence-corrected chi connectivity index (χ2v) is 7.66. The number of carbonyl (C=O) groups excluding carboxylic acids is 1. The Morgan fingerprint density at radius 1 is 1.28 bits per heavy atom. The Kier molecular flexibility index (Phi) is 5.63. The number of nitrogens with one attached hydrogen (secondary N) is 2. The van der Waals surface area contributed by atoms with E-state index in [1.165, 1.54) is 12.1 Å². The number of pyridine rings is 1. The van der Waals surface area contributed by atoms with Crippen LogP contribution in [-0.4, -0.2) is 28.6 Å². The van der Waals surface area contributed by atoms with E-state index in [9.17, 15) is 13.6 Å². The molecule has 1 aliphatic heterocycles. The molecule has 6 nitrogen and oxygen atoms in total. The van der Waals surface area contributed by atoms with Crippen molar-refractivity contribution in [2.75, 3.05) is 0 Å². The second-order valence-electron chi connectivity index (χ2n) is 7.66. The lowest BCUT2D eigenvalue weighted by atomic mass is 10.0. The van der Waals surface area contributed by atoms with Crippen LogP contribution < -0.4 is 10.6 Å². The van der Waals surface area contributed by atoms with Crippen LogP contribution in [0.3, 0.4) is 0 Å². The molecule has 0 saturated heterocycles. The van der Waals surface area contributed by atoms with Gasteiger partial charge in [0, 0.05) is 29.9 Å². The highest BCUT2D eigenvalue weighted by molar-refractivity contribution is 6.01. The maximum absolute atomic E-state index is 13.6. The van der Waals surface area contributed by atoms with E-state index < -0.39 is 29.4 Å². The molecule has 8 heteroatoms. The van der Waals surface area contributed by atoms with Gasteiger partial charge in [-0.25, -0.2) is 23.6 Å². The van der Waals surface area contributed by atoms with E-state index in [-0.39, 0.29) is 6.42 Å². The monoisotopic (exact) mass is 400 g/mol. The number of carbonyl (C=O) groups is 1. The maximum atomic E-state index is 13.6. The van der Waals surface area contributed by atoms with Gasteiger partial charge in [0.25, 0.3) is 0 Å². The van der Waals surface area contributed by atoms with Gasteiger partial charge in [0.15, 0.2) is 5.82 Å². The summed E-state index contributed by atoms with van der Waals surface area (Å²) in [4.78, 5) is 21.0. The molecule has 0 radical (unpaired) electrons. The number of amides is 1. The summed E-state index contributed by atoms with van der Waals surface area (Å²) in [6, 6.07) is 6.03. The summed E-state index contributed by atoms with van der Waals surface area (Å²) in [5, 5.41) is 5.76. The molecule has 0 bridgehead atoms. The van der Waals surface area contributed by atoms with Gasteiger partial charge in [-0.2, -0.15) is 0 Å². The summed E-state index contributed by atoms with van der Waals surface area (Å²) in [5.41, 5.74) is 0.924. The van der Waals surface area contributed by atoms with Gasteiger partial charge in [0.2, 0.25) is 0 Å². The molecule has 1 amide bonds. The van der Waals surface area contributed by atoms with E-state index in [0.717, 1.165) is 11.6 Å². The quantitative estimate of drug-likeness (QED) is 0.810. The Morgan fingerprint density at radius 3 is 2.62 bits per heavy atom.